The van der Waals surface area contributed by atoms with Crippen LogP contribution in [0.2, 0.25) is 0 Å². The molecule has 1 unspecified atom stereocenters. The molecule has 1 heteroatoms. The van der Waals surface area contributed by atoms with E-state index in [1.807, 2.05) is 0 Å². The number of benzene rings is 2. The summed E-state index contributed by atoms with van der Waals surface area (Å²) in [5.74, 6) is 0. The predicted molar refractivity (Wildman–Crippen MR) is 75.4 cm³/mol. The zero-order chi connectivity index (χ0) is 11.8. The first kappa shape index (κ1) is 10.9. The minimum Gasteiger partial charge on any atom is -0.113 e. The highest BCUT2D eigenvalue weighted by molar-refractivity contribution is 6.25. The zero-order valence-corrected chi connectivity index (χ0v) is 10.7. The molecule has 0 spiro atoms. The lowest BCUT2D eigenvalue weighted by Gasteiger charge is -2.22. The maximum Gasteiger partial charge on any atom is 0.0804 e. The van der Waals surface area contributed by atoms with Gasteiger partial charge in [-0.2, -0.15) is 0 Å². The fourth-order valence-electron chi connectivity index (χ4n) is 2.69. The first-order valence-corrected chi connectivity index (χ1v) is 6.61. The minimum absolute atomic E-state index is 0.0496. The van der Waals surface area contributed by atoms with Crippen LogP contribution in [-0.4, -0.2) is 0 Å². The second-order valence-corrected chi connectivity index (χ2v) is 5.06. The second-order valence-electron chi connectivity index (χ2n) is 4.62. The highest BCUT2D eigenvalue weighted by atomic mass is 35.5. The summed E-state index contributed by atoms with van der Waals surface area (Å²) in [7, 11) is 0. The van der Waals surface area contributed by atoms with Crippen molar-refractivity contribution in [1.29, 1.82) is 0 Å². The van der Waals surface area contributed by atoms with E-state index in [0.29, 0.717) is 0 Å². The highest BCUT2D eigenvalue weighted by Crippen LogP contribution is 2.42. The molecule has 0 saturated heterocycles. The third-order valence-corrected chi connectivity index (χ3v) is 3.96. The van der Waals surface area contributed by atoms with Crippen LogP contribution in [0.4, 0.5) is 0 Å². The monoisotopic (exact) mass is 242 g/mol. The number of hydrogen-bond donors (Lipinski definition) is 0. The van der Waals surface area contributed by atoms with Crippen molar-refractivity contribution in [3.63, 3.8) is 0 Å². The van der Waals surface area contributed by atoms with Crippen LogP contribution in [0.3, 0.4) is 0 Å². The van der Waals surface area contributed by atoms with Crippen molar-refractivity contribution in [2.24, 2.45) is 0 Å². The molecule has 0 aliphatic heterocycles. The van der Waals surface area contributed by atoms with Gasteiger partial charge in [0.15, 0.2) is 0 Å². The Morgan fingerprint density at radius 1 is 1.12 bits per heavy atom. The normalized spacial score (nSPS) is 18.2. The first-order chi connectivity index (χ1) is 8.31. The molecule has 1 aliphatic rings. The van der Waals surface area contributed by atoms with E-state index in [1.165, 1.54) is 27.5 Å². The molecular formula is C16H15Cl. The van der Waals surface area contributed by atoms with Gasteiger partial charge in [0, 0.05) is 0 Å². The van der Waals surface area contributed by atoms with E-state index in [2.05, 4.69) is 49.4 Å². The molecule has 1 aliphatic carbocycles. The molecule has 2 aromatic rings. The van der Waals surface area contributed by atoms with Gasteiger partial charge in [0.1, 0.15) is 0 Å². The van der Waals surface area contributed by atoms with Crippen molar-refractivity contribution in [2.75, 3.05) is 0 Å². The quantitative estimate of drug-likeness (QED) is 0.626. The van der Waals surface area contributed by atoms with Crippen molar-refractivity contribution in [3.8, 4) is 0 Å². The number of hydrogen-bond acceptors (Lipinski definition) is 0. The van der Waals surface area contributed by atoms with Crippen LogP contribution < -0.4 is 0 Å². The van der Waals surface area contributed by atoms with Crippen LogP contribution in [0.5, 0.6) is 0 Å². The Bertz CT molecular complexity index is 590. The van der Waals surface area contributed by atoms with Crippen molar-refractivity contribution in [2.45, 2.75) is 25.1 Å². The van der Waals surface area contributed by atoms with Gasteiger partial charge in [-0.15, -0.1) is 11.6 Å². The number of allylic oxidation sites excluding steroid dienone is 1. The summed E-state index contributed by atoms with van der Waals surface area (Å²) in [5, 5.41) is 2.67. The number of halogens is 1. The summed E-state index contributed by atoms with van der Waals surface area (Å²) in [4.78, 5) is 0. The van der Waals surface area contributed by atoms with Crippen molar-refractivity contribution in [1.82, 2.24) is 0 Å². The van der Waals surface area contributed by atoms with Crippen LogP contribution in [0.1, 0.15) is 36.3 Å². The Balaban J connectivity index is 2.29. The van der Waals surface area contributed by atoms with E-state index in [9.17, 15) is 0 Å². The molecule has 0 radical (unpaired) electrons. The second kappa shape index (κ2) is 4.19. The van der Waals surface area contributed by atoms with Crippen molar-refractivity contribution < 1.29 is 0 Å². The van der Waals surface area contributed by atoms with Gasteiger partial charge in [-0.1, -0.05) is 55.8 Å². The molecule has 86 valence electrons. The maximum absolute atomic E-state index is 6.59. The summed E-state index contributed by atoms with van der Waals surface area (Å²) in [6, 6.07) is 12.9. The van der Waals surface area contributed by atoms with E-state index in [0.717, 1.165) is 12.8 Å². The lowest BCUT2D eigenvalue weighted by molar-refractivity contribution is 0.865. The minimum atomic E-state index is 0.0496. The third kappa shape index (κ3) is 1.68. The molecule has 0 amide bonds. The number of rotatable bonds is 2. The largest absolute Gasteiger partial charge is 0.113 e. The van der Waals surface area contributed by atoms with E-state index in [4.69, 9.17) is 11.6 Å². The predicted octanol–water partition coefficient (Wildman–Crippen LogP) is 5.32. The van der Waals surface area contributed by atoms with Crippen LogP contribution in [0, 0.1) is 0 Å². The standard InChI is InChI=1S/C16H15Cl/c1-2-5-13-10-12-8-3-6-11-7-4-9-14(15(11)12)16(13)17/h3-4,6-10,16H,2,5H2,1H3. The molecular weight excluding hydrogens is 228 g/mol. The first-order valence-electron chi connectivity index (χ1n) is 6.17. The van der Waals surface area contributed by atoms with Gasteiger partial charge in [-0.3, -0.25) is 0 Å². The maximum atomic E-state index is 6.59. The van der Waals surface area contributed by atoms with E-state index < -0.39 is 0 Å². The van der Waals surface area contributed by atoms with Gasteiger partial charge in [-0.25, -0.2) is 0 Å². The van der Waals surface area contributed by atoms with Gasteiger partial charge in [0.25, 0.3) is 0 Å². The Morgan fingerprint density at radius 3 is 2.65 bits per heavy atom. The van der Waals surface area contributed by atoms with Gasteiger partial charge < -0.3 is 0 Å². The molecule has 2 aromatic carbocycles. The van der Waals surface area contributed by atoms with E-state index in [-0.39, 0.29) is 5.38 Å². The Morgan fingerprint density at radius 2 is 1.88 bits per heavy atom. The van der Waals surface area contributed by atoms with Crippen molar-refractivity contribution >= 4 is 28.4 Å². The lowest BCUT2D eigenvalue weighted by Crippen LogP contribution is -2.02. The average molecular weight is 243 g/mol. The molecule has 0 heterocycles. The SMILES string of the molecule is CCCC1=Cc2cccc3cccc(c23)C1Cl. The molecule has 1 atom stereocenters. The molecule has 0 bridgehead atoms. The third-order valence-electron chi connectivity index (χ3n) is 3.45. The zero-order valence-electron chi connectivity index (χ0n) is 9.91. The number of alkyl halides is 1. The fraction of sp³-hybridized carbons (Fsp3) is 0.250. The Labute approximate surface area is 107 Å². The Hall–Kier alpha value is -1.27. The van der Waals surface area contributed by atoms with E-state index >= 15 is 0 Å². The lowest BCUT2D eigenvalue weighted by atomic mass is 9.87. The molecule has 3 rings (SSSR count). The summed E-state index contributed by atoms with van der Waals surface area (Å²) in [5.41, 5.74) is 3.93. The topological polar surface area (TPSA) is 0 Å². The van der Waals surface area contributed by atoms with Gasteiger partial charge >= 0.3 is 0 Å². The molecule has 17 heavy (non-hydrogen) atoms. The average Bonchev–Trinajstić information content (AvgIpc) is 2.36. The van der Waals surface area contributed by atoms with Crippen LogP contribution >= 0.6 is 11.6 Å². The van der Waals surface area contributed by atoms with E-state index in [1.54, 1.807) is 0 Å². The highest BCUT2D eigenvalue weighted by Gasteiger charge is 2.21. The van der Waals surface area contributed by atoms with Gasteiger partial charge in [0.05, 0.1) is 5.38 Å². The van der Waals surface area contributed by atoms with Crippen LogP contribution in [0.15, 0.2) is 42.0 Å². The molecule has 0 nitrogen and oxygen atoms in total. The molecule has 0 fully saturated rings. The summed E-state index contributed by atoms with van der Waals surface area (Å²) < 4.78 is 0. The van der Waals surface area contributed by atoms with Crippen LogP contribution in [-0.2, 0) is 0 Å². The van der Waals surface area contributed by atoms with Crippen LogP contribution in [0.25, 0.3) is 16.8 Å². The molecule has 0 aromatic heterocycles. The fourth-order valence-corrected chi connectivity index (χ4v) is 3.05. The summed E-state index contributed by atoms with van der Waals surface area (Å²) >= 11 is 6.59. The van der Waals surface area contributed by atoms with Gasteiger partial charge in [-0.05, 0) is 33.9 Å². The summed E-state index contributed by atoms with van der Waals surface area (Å²) in [6.07, 6.45) is 4.50. The molecule has 0 N–H and O–H groups in total. The van der Waals surface area contributed by atoms with Crippen molar-refractivity contribution in [3.05, 3.63) is 53.1 Å². The smallest absolute Gasteiger partial charge is 0.0804 e. The molecule has 0 saturated carbocycles. The van der Waals surface area contributed by atoms with Gasteiger partial charge in [0.2, 0.25) is 0 Å². The Kier molecular flexibility index (Phi) is 2.68. The summed E-state index contributed by atoms with van der Waals surface area (Å²) in [6.45, 7) is 2.20.